The van der Waals surface area contributed by atoms with Gasteiger partial charge in [-0.3, -0.25) is 0 Å². The van der Waals surface area contributed by atoms with Gasteiger partial charge in [0.25, 0.3) is 0 Å². The second kappa shape index (κ2) is 3.16. The van der Waals surface area contributed by atoms with Crippen LogP contribution < -0.4 is 0 Å². The van der Waals surface area contributed by atoms with Gasteiger partial charge in [-0.1, -0.05) is 0 Å². The van der Waals surface area contributed by atoms with E-state index in [0.29, 0.717) is 5.52 Å². The minimum absolute atomic E-state index is 0.0311. The maximum absolute atomic E-state index is 13.1. The standard InChI is InChI=1S/C7H3ClF2N2S/c8-2-3-1-4-7(12-13-11-4)6(10)5(3)9/h1H,2H2. The van der Waals surface area contributed by atoms with Crippen LogP contribution in [0.5, 0.6) is 0 Å². The first kappa shape index (κ1) is 8.77. The van der Waals surface area contributed by atoms with Crippen LogP contribution in [0.1, 0.15) is 5.56 Å². The molecule has 0 fully saturated rings. The van der Waals surface area contributed by atoms with Crippen molar-refractivity contribution in [3.05, 3.63) is 23.3 Å². The topological polar surface area (TPSA) is 25.8 Å². The van der Waals surface area contributed by atoms with E-state index in [4.69, 9.17) is 11.6 Å². The molecule has 6 heteroatoms. The number of rotatable bonds is 1. The van der Waals surface area contributed by atoms with Crippen molar-refractivity contribution in [2.45, 2.75) is 5.88 Å². The Morgan fingerprint density at radius 2 is 2.08 bits per heavy atom. The summed E-state index contributed by atoms with van der Waals surface area (Å²) in [6.07, 6.45) is 0. The van der Waals surface area contributed by atoms with Crippen molar-refractivity contribution in [1.29, 1.82) is 0 Å². The highest BCUT2D eigenvalue weighted by Gasteiger charge is 2.15. The number of alkyl halides is 1. The van der Waals surface area contributed by atoms with Gasteiger partial charge in [0.2, 0.25) is 0 Å². The summed E-state index contributed by atoms with van der Waals surface area (Å²) in [4.78, 5) is 0. The molecule has 2 nitrogen and oxygen atoms in total. The lowest BCUT2D eigenvalue weighted by Gasteiger charge is -1.98. The third-order valence-corrected chi connectivity index (χ3v) is 2.48. The molecule has 0 aliphatic heterocycles. The van der Waals surface area contributed by atoms with E-state index in [0.717, 1.165) is 11.7 Å². The molecule has 0 amide bonds. The Morgan fingerprint density at radius 1 is 1.31 bits per heavy atom. The van der Waals surface area contributed by atoms with E-state index in [-0.39, 0.29) is 17.0 Å². The highest BCUT2D eigenvalue weighted by molar-refractivity contribution is 7.00. The van der Waals surface area contributed by atoms with E-state index >= 15 is 0 Å². The Labute approximate surface area is 81.5 Å². The number of nitrogens with zero attached hydrogens (tertiary/aromatic N) is 2. The van der Waals surface area contributed by atoms with E-state index in [1.54, 1.807) is 0 Å². The Bertz CT molecular complexity index is 457. The van der Waals surface area contributed by atoms with Crippen LogP contribution in [0.15, 0.2) is 6.07 Å². The summed E-state index contributed by atoms with van der Waals surface area (Å²) < 4.78 is 33.7. The zero-order chi connectivity index (χ0) is 9.42. The molecule has 0 spiro atoms. The van der Waals surface area contributed by atoms with E-state index in [9.17, 15) is 8.78 Å². The molecule has 1 aromatic carbocycles. The second-order valence-corrected chi connectivity index (χ2v) is 3.22. The Morgan fingerprint density at radius 3 is 2.77 bits per heavy atom. The predicted octanol–water partition coefficient (Wildman–Crippen LogP) is 2.71. The number of halogens is 3. The monoisotopic (exact) mass is 220 g/mol. The van der Waals surface area contributed by atoms with E-state index in [2.05, 4.69) is 8.75 Å². The van der Waals surface area contributed by atoms with E-state index in [1.807, 2.05) is 0 Å². The summed E-state index contributed by atoms with van der Waals surface area (Å²) in [5.74, 6) is -1.98. The van der Waals surface area contributed by atoms with Crippen LogP contribution in [0, 0.1) is 11.6 Å². The van der Waals surface area contributed by atoms with Gasteiger partial charge in [-0.2, -0.15) is 8.75 Å². The number of hydrogen-bond donors (Lipinski definition) is 0. The van der Waals surface area contributed by atoms with Crippen molar-refractivity contribution in [2.75, 3.05) is 0 Å². The normalized spacial score (nSPS) is 11.0. The van der Waals surface area contributed by atoms with Crippen LogP contribution in [-0.2, 0) is 5.88 Å². The largest absolute Gasteiger partial charge is 0.203 e. The fourth-order valence-electron chi connectivity index (χ4n) is 1.01. The van der Waals surface area contributed by atoms with Gasteiger partial charge in [0.15, 0.2) is 11.6 Å². The van der Waals surface area contributed by atoms with Crippen molar-refractivity contribution in [2.24, 2.45) is 0 Å². The van der Waals surface area contributed by atoms with Crippen LogP contribution in [-0.4, -0.2) is 8.75 Å². The molecule has 68 valence electrons. The molecule has 0 atom stereocenters. The first-order chi connectivity index (χ1) is 6.24. The fourth-order valence-corrected chi connectivity index (χ4v) is 1.73. The number of aromatic nitrogens is 2. The molecule has 2 rings (SSSR count). The maximum Gasteiger partial charge on any atom is 0.188 e. The summed E-state index contributed by atoms with van der Waals surface area (Å²) in [7, 11) is 0. The minimum atomic E-state index is -0.970. The first-order valence-electron chi connectivity index (χ1n) is 3.39. The summed E-state index contributed by atoms with van der Waals surface area (Å²) in [5, 5.41) is 0. The van der Waals surface area contributed by atoms with Gasteiger partial charge in [0.05, 0.1) is 17.6 Å². The summed E-state index contributed by atoms with van der Waals surface area (Å²) in [6.45, 7) is 0. The molecular weight excluding hydrogens is 218 g/mol. The van der Waals surface area contributed by atoms with Gasteiger partial charge in [-0.15, -0.1) is 11.6 Å². The van der Waals surface area contributed by atoms with Crippen LogP contribution in [0.2, 0.25) is 0 Å². The third-order valence-electron chi connectivity index (χ3n) is 1.65. The highest BCUT2D eigenvalue weighted by atomic mass is 35.5. The molecular formula is C7H3ClF2N2S. The Hall–Kier alpha value is -0.810. The van der Waals surface area contributed by atoms with Gasteiger partial charge in [0.1, 0.15) is 11.0 Å². The lowest BCUT2D eigenvalue weighted by molar-refractivity contribution is 0.509. The van der Waals surface area contributed by atoms with Crippen molar-refractivity contribution >= 4 is 34.4 Å². The minimum Gasteiger partial charge on any atom is -0.203 e. The molecule has 0 N–H and O–H groups in total. The van der Waals surface area contributed by atoms with Crippen LogP contribution >= 0.6 is 23.3 Å². The quantitative estimate of drug-likeness (QED) is 0.691. The zero-order valence-electron chi connectivity index (χ0n) is 6.22. The smallest absolute Gasteiger partial charge is 0.188 e. The first-order valence-corrected chi connectivity index (χ1v) is 4.65. The van der Waals surface area contributed by atoms with Gasteiger partial charge in [-0.05, 0) is 6.07 Å². The fraction of sp³-hybridized carbons (Fsp3) is 0.143. The number of fused-ring (bicyclic) bond motifs is 1. The summed E-state index contributed by atoms with van der Waals surface area (Å²) >= 11 is 6.27. The molecule has 0 saturated carbocycles. The third kappa shape index (κ3) is 1.28. The molecule has 2 aromatic rings. The van der Waals surface area contributed by atoms with Gasteiger partial charge < -0.3 is 0 Å². The Balaban J connectivity index is 2.83. The van der Waals surface area contributed by atoms with Crippen LogP contribution in [0.25, 0.3) is 11.0 Å². The lowest BCUT2D eigenvalue weighted by Crippen LogP contribution is -1.93. The van der Waals surface area contributed by atoms with Gasteiger partial charge in [0, 0.05) is 5.56 Å². The average Bonchev–Trinajstić information content (AvgIpc) is 2.59. The molecule has 13 heavy (non-hydrogen) atoms. The highest BCUT2D eigenvalue weighted by Crippen LogP contribution is 2.22. The molecule has 0 aliphatic carbocycles. The molecule has 0 aliphatic rings. The molecule has 0 saturated heterocycles. The Kier molecular flexibility index (Phi) is 2.13. The zero-order valence-corrected chi connectivity index (χ0v) is 7.79. The molecule has 0 radical (unpaired) electrons. The molecule has 1 aromatic heterocycles. The maximum atomic E-state index is 13.1. The van der Waals surface area contributed by atoms with Crippen molar-refractivity contribution in [1.82, 2.24) is 8.75 Å². The lowest BCUT2D eigenvalue weighted by atomic mass is 10.2. The van der Waals surface area contributed by atoms with E-state index < -0.39 is 11.6 Å². The SMILES string of the molecule is Fc1c(CCl)cc2nsnc2c1F. The summed E-state index contributed by atoms with van der Waals surface area (Å²) in [5.41, 5.74) is 0.426. The molecule has 1 heterocycles. The van der Waals surface area contributed by atoms with Crippen molar-refractivity contribution in [3.8, 4) is 0 Å². The van der Waals surface area contributed by atoms with Crippen molar-refractivity contribution < 1.29 is 8.78 Å². The average molecular weight is 221 g/mol. The summed E-state index contributed by atoms with van der Waals surface area (Å²) in [6, 6.07) is 1.41. The van der Waals surface area contributed by atoms with Crippen LogP contribution in [0.4, 0.5) is 8.78 Å². The van der Waals surface area contributed by atoms with Gasteiger partial charge in [-0.25, -0.2) is 8.78 Å². The van der Waals surface area contributed by atoms with E-state index in [1.165, 1.54) is 6.07 Å². The second-order valence-electron chi connectivity index (χ2n) is 2.43. The molecule has 0 bridgehead atoms. The van der Waals surface area contributed by atoms with Crippen molar-refractivity contribution in [3.63, 3.8) is 0 Å². The molecule has 0 unspecified atom stereocenters. The predicted molar refractivity (Wildman–Crippen MR) is 46.9 cm³/mol. The number of hydrogen-bond acceptors (Lipinski definition) is 3. The van der Waals surface area contributed by atoms with Gasteiger partial charge >= 0.3 is 0 Å². The van der Waals surface area contributed by atoms with Crippen LogP contribution in [0.3, 0.4) is 0 Å². The number of benzene rings is 1.